The van der Waals surface area contributed by atoms with Crippen molar-refractivity contribution in [3.63, 3.8) is 0 Å². The minimum absolute atomic E-state index is 0.0570. The molecule has 0 spiro atoms. The predicted molar refractivity (Wildman–Crippen MR) is 92.0 cm³/mol. The fourth-order valence-corrected chi connectivity index (χ4v) is 2.54. The number of fused-ring (bicyclic) bond motifs is 1. The van der Waals surface area contributed by atoms with Gasteiger partial charge in [0, 0.05) is 17.5 Å². The number of carbonyl (C=O) groups is 1. The van der Waals surface area contributed by atoms with Gasteiger partial charge >= 0.3 is 0 Å². The van der Waals surface area contributed by atoms with Crippen molar-refractivity contribution in [3.05, 3.63) is 54.0 Å². The van der Waals surface area contributed by atoms with Gasteiger partial charge in [-0.05, 0) is 24.1 Å². The molecule has 1 aromatic heterocycles. The van der Waals surface area contributed by atoms with Crippen LogP contribution in [0.3, 0.4) is 0 Å². The van der Waals surface area contributed by atoms with Gasteiger partial charge in [-0.25, -0.2) is 4.39 Å². The molecule has 0 atom stereocenters. The Labute approximate surface area is 138 Å². The molecule has 2 aromatic carbocycles. The molecule has 0 bridgehead atoms. The van der Waals surface area contributed by atoms with E-state index in [2.05, 4.69) is 15.5 Å². The van der Waals surface area contributed by atoms with Crippen molar-refractivity contribution in [2.45, 2.75) is 13.3 Å². The molecule has 5 nitrogen and oxygen atoms in total. The van der Waals surface area contributed by atoms with Crippen molar-refractivity contribution in [1.29, 1.82) is 0 Å². The van der Waals surface area contributed by atoms with Crippen molar-refractivity contribution in [3.8, 4) is 11.1 Å². The molecule has 0 aliphatic carbocycles. The summed E-state index contributed by atoms with van der Waals surface area (Å²) in [5.74, 6) is -0.792. The lowest BCUT2D eigenvalue weighted by Crippen LogP contribution is -2.26. The first-order valence-corrected chi connectivity index (χ1v) is 7.71. The SMILES string of the molecule is CCCNC(=O)c1nnc2c(-c3ccccc3)c(F)ccc2c1N. The Hall–Kier alpha value is -3.02. The van der Waals surface area contributed by atoms with Gasteiger partial charge < -0.3 is 11.1 Å². The standard InChI is InChI=1S/C18H17FN4O/c1-2-10-21-18(24)17-15(20)12-8-9-13(19)14(16(12)22-23-17)11-6-4-3-5-7-11/h3-9H,2,10H2,1H3,(H2,20,22)(H,21,24). The lowest BCUT2D eigenvalue weighted by molar-refractivity contribution is 0.0949. The summed E-state index contributed by atoms with van der Waals surface area (Å²) >= 11 is 0. The molecular weight excluding hydrogens is 307 g/mol. The number of hydrogen-bond donors (Lipinski definition) is 2. The number of nitrogens with one attached hydrogen (secondary N) is 1. The molecular formula is C18H17FN4O. The summed E-state index contributed by atoms with van der Waals surface area (Å²) in [6.45, 7) is 2.47. The number of anilines is 1. The second-order valence-corrected chi connectivity index (χ2v) is 5.40. The van der Waals surface area contributed by atoms with Crippen LogP contribution in [0.15, 0.2) is 42.5 Å². The lowest BCUT2D eigenvalue weighted by atomic mass is 10.0. The maximum Gasteiger partial charge on any atom is 0.273 e. The third-order valence-corrected chi connectivity index (χ3v) is 3.74. The van der Waals surface area contributed by atoms with Crippen LogP contribution in [0, 0.1) is 5.82 Å². The van der Waals surface area contributed by atoms with Gasteiger partial charge in [-0.2, -0.15) is 0 Å². The second kappa shape index (κ2) is 6.62. The molecule has 0 saturated heterocycles. The van der Waals surface area contributed by atoms with Crippen LogP contribution in [0.1, 0.15) is 23.8 Å². The van der Waals surface area contributed by atoms with Crippen molar-refractivity contribution in [2.24, 2.45) is 0 Å². The van der Waals surface area contributed by atoms with Crippen molar-refractivity contribution in [1.82, 2.24) is 15.5 Å². The van der Waals surface area contributed by atoms with E-state index in [9.17, 15) is 9.18 Å². The number of nitrogens with zero attached hydrogens (tertiary/aromatic N) is 2. The normalized spacial score (nSPS) is 10.8. The van der Waals surface area contributed by atoms with E-state index >= 15 is 0 Å². The average Bonchev–Trinajstić information content (AvgIpc) is 2.60. The number of nitrogen functional groups attached to an aromatic ring is 1. The maximum atomic E-state index is 14.4. The summed E-state index contributed by atoms with van der Waals surface area (Å²) in [5, 5.41) is 11.2. The minimum atomic E-state index is -0.411. The van der Waals surface area contributed by atoms with Crippen LogP contribution >= 0.6 is 0 Å². The van der Waals surface area contributed by atoms with Crippen LogP contribution in [0.2, 0.25) is 0 Å². The van der Waals surface area contributed by atoms with E-state index < -0.39 is 5.82 Å². The Morgan fingerprint density at radius 2 is 1.92 bits per heavy atom. The second-order valence-electron chi connectivity index (χ2n) is 5.40. The van der Waals surface area contributed by atoms with Gasteiger partial charge in [0.05, 0.1) is 5.69 Å². The highest BCUT2D eigenvalue weighted by atomic mass is 19.1. The van der Waals surface area contributed by atoms with Crippen LogP contribution in [0.4, 0.5) is 10.1 Å². The summed E-state index contributed by atoms with van der Waals surface area (Å²) in [6, 6.07) is 11.9. The summed E-state index contributed by atoms with van der Waals surface area (Å²) in [5.41, 5.74) is 7.70. The van der Waals surface area contributed by atoms with Crippen molar-refractivity contribution in [2.75, 3.05) is 12.3 Å². The molecule has 0 radical (unpaired) electrons. The maximum absolute atomic E-state index is 14.4. The first-order chi connectivity index (χ1) is 11.6. The van der Waals surface area contributed by atoms with Gasteiger partial charge in [-0.15, -0.1) is 10.2 Å². The first-order valence-electron chi connectivity index (χ1n) is 7.71. The van der Waals surface area contributed by atoms with E-state index in [1.54, 1.807) is 12.1 Å². The van der Waals surface area contributed by atoms with Gasteiger partial charge in [0.15, 0.2) is 5.69 Å². The Kier molecular flexibility index (Phi) is 4.37. The van der Waals surface area contributed by atoms with Gasteiger partial charge in [0.25, 0.3) is 5.91 Å². The van der Waals surface area contributed by atoms with Crippen molar-refractivity contribution < 1.29 is 9.18 Å². The molecule has 0 fully saturated rings. The molecule has 3 aromatic rings. The highest BCUT2D eigenvalue weighted by Gasteiger charge is 2.19. The number of benzene rings is 2. The number of aromatic nitrogens is 2. The Bertz CT molecular complexity index is 896. The number of amides is 1. The first kappa shape index (κ1) is 15.9. The summed E-state index contributed by atoms with van der Waals surface area (Å²) in [6.07, 6.45) is 0.802. The molecule has 6 heteroatoms. The lowest BCUT2D eigenvalue weighted by Gasteiger charge is -2.11. The topological polar surface area (TPSA) is 80.9 Å². The van der Waals surface area contributed by atoms with Crippen LogP contribution in [0.5, 0.6) is 0 Å². The summed E-state index contributed by atoms with van der Waals surface area (Å²) in [4.78, 5) is 12.1. The van der Waals surface area contributed by atoms with Gasteiger partial charge in [-0.3, -0.25) is 4.79 Å². The number of nitrogens with two attached hydrogens (primary N) is 1. The zero-order valence-electron chi connectivity index (χ0n) is 13.2. The quantitative estimate of drug-likeness (QED) is 0.772. The zero-order chi connectivity index (χ0) is 17.1. The fraction of sp³-hybridized carbons (Fsp3) is 0.167. The molecule has 1 amide bonds. The van der Waals surface area contributed by atoms with Crippen LogP contribution in [-0.4, -0.2) is 22.6 Å². The van der Waals surface area contributed by atoms with E-state index in [1.807, 2.05) is 25.1 Å². The average molecular weight is 324 g/mol. The molecule has 122 valence electrons. The smallest absolute Gasteiger partial charge is 0.273 e. The third-order valence-electron chi connectivity index (χ3n) is 3.74. The number of carbonyl (C=O) groups excluding carboxylic acids is 1. The van der Waals surface area contributed by atoms with Gasteiger partial charge in [-0.1, -0.05) is 37.3 Å². The van der Waals surface area contributed by atoms with Gasteiger partial charge in [0.1, 0.15) is 11.3 Å². The van der Waals surface area contributed by atoms with E-state index in [1.165, 1.54) is 12.1 Å². The van der Waals surface area contributed by atoms with E-state index in [4.69, 9.17) is 5.73 Å². The molecule has 3 N–H and O–H groups in total. The summed E-state index contributed by atoms with van der Waals surface area (Å²) in [7, 11) is 0. The van der Waals surface area contributed by atoms with Crippen LogP contribution in [0.25, 0.3) is 22.0 Å². The fourth-order valence-electron chi connectivity index (χ4n) is 2.54. The zero-order valence-corrected chi connectivity index (χ0v) is 13.2. The van der Waals surface area contributed by atoms with Crippen LogP contribution < -0.4 is 11.1 Å². The molecule has 0 unspecified atom stereocenters. The molecule has 0 saturated carbocycles. The predicted octanol–water partition coefficient (Wildman–Crippen LogP) is 3.16. The van der Waals surface area contributed by atoms with E-state index in [-0.39, 0.29) is 17.3 Å². The Morgan fingerprint density at radius 3 is 2.62 bits per heavy atom. The monoisotopic (exact) mass is 324 g/mol. The molecule has 0 aliphatic heterocycles. The molecule has 0 aliphatic rings. The Morgan fingerprint density at radius 1 is 1.17 bits per heavy atom. The summed E-state index contributed by atoms with van der Waals surface area (Å²) < 4.78 is 14.4. The highest BCUT2D eigenvalue weighted by molar-refractivity contribution is 6.07. The number of hydrogen-bond acceptors (Lipinski definition) is 4. The highest BCUT2D eigenvalue weighted by Crippen LogP contribution is 2.32. The third kappa shape index (κ3) is 2.78. The number of rotatable bonds is 4. The van der Waals surface area contributed by atoms with Crippen molar-refractivity contribution >= 4 is 22.5 Å². The van der Waals surface area contributed by atoms with Gasteiger partial charge in [0.2, 0.25) is 0 Å². The molecule has 1 heterocycles. The minimum Gasteiger partial charge on any atom is -0.396 e. The largest absolute Gasteiger partial charge is 0.396 e. The molecule has 24 heavy (non-hydrogen) atoms. The van der Waals surface area contributed by atoms with E-state index in [0.29, 0.717) is 28.6 Å². The Balaban J connectivity index is 2.18. The van der Waals surface area contributed by atoms with Crippen LogP contribution in [-0.2, 0) is 0 Å². The number of halogens is 1. The van der Waals surface area contributed by atoms with E-state index in [0.717, 1.165) is 6.42 Å². The molecule has 3 rings (SSSR count).